The molecule has 0 amide bonds. The molecule has 152 valence electrons. The highest BCUT2D eigenvalue weighted by molar-refractivity contribution is 6.32. The molecular weight excluding hydrogens is 429 g/mol. The lowest BCUT2D eigenvalue weighted by Crippen LogP contribution is -2.04. The molecule has 3 rings (SSSR count). The summed E-state index contributed by atoms with van der Waals surface area (Å²) >= 11 is 18.9. The van der Waals surface area contributed by atoms with Crippen molar-refractivity contribution >= 4 is 40.5 Å². The van der Waals surface area contributed by atoms with Crippen molar-refractivity contribution in [3.8, 4) is 11.5 Å². The van der Waals surface area contributed by atoms with Crippen LogP contribution in [0.15, 0.2) is 54.6 Å². The van der Waals surface area contributed by atoms with E-state index in [9.17, 15) is 0 Å². The lowest BCUT2D eigenvalue weighted by molar-refractivity contribution is 0.269. The van der Waals surface area contributed by atoms with Crippen molar-refractivity contribution < 1.29 is 9.47 Å². The van der Waals surface area contributed by atoms with E-state index in [-0.39, 0.29) is 0 Å². The summed E-state index contributed by atoms with van der Waals surface area (Å²) in [6.45, 7) is 5.28. The molecule has 29 heavy (non-hydrogen) atoms. The van der Waals surface area contributed by atoms with Gasteiger partial charge in [-0.1, -0.05) is 59.1 Å². The third kappa shape index (κ3) is 5.72. The van der Waals surface area contributed by atoms with Crippen LogP contribution in [-0.2, 0) is 13.2 Å². The van der Waals surface area contributed by atoms with Gasteiger partial charge in [-0.2, -0.15) is 0 Å². The molecule has 6 heteroatoms. The van der Waals surface area contributed by atoms with Crippen LogP contribution in [0.25, 0.3) is 0 Å². The molecule has 3 aromatic carbocycles. The van der Waals surface area contributed by atoms with Gasteiger partial charge in [-0.25, -0.2) is 0 Å². The Kier molecular flexibility index (Phi) is 7.54. The van der Waals surface area contributed by atoms with E-state index in [1.807, 2.05) is 68.4 Å². The molecular formula is C23H22Cl3NO2. The fourth-order valence-corrected chi connectivity index (χ4v) is 3.46. The van der Waals surface area contributed by atoms with Crippen LogP contribution >= 0.6 is 34.8 Å². The first-order valence-corrected chi connectivity index (χ1v) is 10.4. The van der Waals surface area contributed by atoms with E-state index in [1.165, 1.54) is 0 Å². The predicted molar refractivity (Wildman–Crippen MR) is 122 cm³/mol. The molecule has 3 aromatic rings. The molecule has 0 saturated carbocycles. The Bertz CT molecular complexity index is 992. The minimum Gasteiger partial charge on any atom is -0.490 e. The van der Waals surface area contributed by atoms with Crippen molar-refractivity contribution in [2.75, 3.05) is 11.9 Å². The Labute approximate surface area is 186 Å². The fraction of sp³-hybridized carbons (Fsp3) is 0.217. The number of rotatable bonds is 8. The maximum absolute atomic E-state index is 6.52. The highest BCUT2D eigenvalue weighted by Gasteiger charge is 2.14. The van der Waals surface area contributed by atoms with Crippen LogP contribution in [0, 0.1) is 6.92 Å². The van der Waals surface area contributed by atoms with Crippen LogP contribution in [0.4, 0.5) is 5.69 Å². The van der Waals surface area contributed by atoms with Crippen molar-refractivity contribution in [1.82, 2.24) is 0 Å². The van der Waals surface area contributed by atoms with Crippen LogP contribution < -0.4 is 14.8 Å². The van der Waals surface area contributed by atoms with Crippen molar-refractivity contribution in [2.24, 2.45) is 0 Å². The highest BCUT2D eigenvalue weighted by atomic mass is 35.5. The highest BCUT2D eigenvalue weighted by Crippen LogP contribution is 2.38. The smallest absolute Gasteiger partial charge is 0.180 e. The van der Waals surface area contributed by atoms with Gasteiger partial charge in [-0.15, -0.1) is 0 Å². The molecule has 0 heterocycles. The second-order valence-corrected chi connectivity index (χ2v) is 7.76. The Morgan fingerprint density at radius 3 is 2.38 bits per heavy atom. The first-order chi connectivity index (χ1) is 14.0. The number of benzene rings is 3. The summed E-state index contributed by atoms with van der Waals surface area (Å²) in [7, 11) is 0. The topological polar surface area (TPSA) is 30.5 Å². The summed E-state index contributed by atoms with van der Waals surface area (Å²) < 4.78 is 11.7. The Morgan fingerprint density at radius 2 is 1.66 bits per heavy atom. The van der Waals surface area contributed by atoms with Crippen molar-refractivity contribution in [3.05, 3.63) is 86.4 Å². The summed E-state index contributed by atoms with van der Waals surface area (Å²) in [5.41, 5.74) is 3.84. The summed E-state index contributed by atoms with van der Waals surface area (Å²) in [4.78, 5) is 0. The Morgan fingerprint density at radius 1 is 0.862 bits per heavy atom. The van der Waals surface area contributed by atoms with Gasteiger partial charge < -0.3 is 14.8 Å². The van der Waals surface area contributed by atoms with Crippen molar-refractivity contribution in [3.63, 3.8) is 0 Å². The second kappa shape index (κ2) is 10.1. The van der Waals surface area contributed by atoms with Crippen molar-refractivity contribution in [2.45, 2.75) is 27.0 Å². The average Bonchev–Trinajstić information content (AvgIpc) is 2.70. The van der Waals surface area contributed by atoms with E-state index >= 15 is 0 Å². The number of halogens is 3. The number of hydrogen-bond donors (Lipinski definition) is 1. The van der Waals surface area contributed by atoms with E-state index < -0.39 is 0 Å². The molecule has 0 spiro atoms. The maximum atomic E-state index is 6.52. The molecule has 1 N–H and O–H groups in total. The zero-order valence-electron chi connectivity index (χ0n) is 16.3. The molecule has 0 saturated heterocycles. The van der Waals surface area contributed by atoms with Crippen LogP contribution in [0.5, 0.6) is 11.5 Å². The summed E-state index contributed by atoms with van der Waals surface area (Å²) in [6, 6.07) is 17.2. The molecule has 0 atom stereocenters. The number of hydrogen-bond acceptors (Lipinski definition) is 3. The first-order valence-electron chi connectivity index (χ1n) is 9.29. The van der Waals surface area contributed by atoms with E-state index in [4.69, 9.17) is 44.3 Å². The van der Waals surface area contributed by atoms with Crippen molar-refractivity contribution in [1.29, 1.82) is 0 Å². The lowest BCUT2D eigenvalue weighted by Gasteiger charge is -2.16. The normalized spacial score (nSPS) is 10.7. The number of nitrogens with one attached hydrogen (secondary N) is 1. The molecule has 0 aliphatic heterocycles. The molecule has 0 fully saturated rings. The Hall–Kier alpha value is -2.07. The zero-order valence-corrected chi connectivity index (χ0v) is 18.5. The SMILES string of the molecule is CCOc1cc(CNc2ccc(C)c(Cl)c2)cc(Cl)c1OCc1ccccc1Cl. The van der Waals surface area contributed by atoms with E-state index in [1.54, 1.807) is 0 Å². The lowest BCUT2D eigenvalue weighted by atomic mass is 10.1. The molecule has 0 bridgehead atoms. The van der Waals surface area contributed by atoms with E-state index in [2.05, 4.69) is 5.32 Å². The fourth-order valence-electron chi connectivity index (χ4n) is 2.80. The monoisotopic (exact) mass is 449 g/mol. The first kappa shape index (κ1) is 21.6. The minimum atomic E-state index is 0.304. The minimum absolute atomic E-state index is 0.304. The third-order valence-electron chi connectivity index (χ3n) is 4.37. The van der Waals surface area contributed by atoms with Gasteiger partial charge in [0.25, 0.3) is 0 Å². The van der Waals surface area contributed by atoms with Gasteiger partial charge in [0.2, 0.25) is 0 Å². The standard InChI is InChI=1S/C23H22Cl3NO2/c1-3-28-22-11-16(13-27-18-9-8-15(2)20(25)12-18)10-21(26)23(22)29-14-17-6-4-5-7-19(17)24/h4-12,27H,3,13-14H2,1-2H3. The summed E-state index contributed by atoms with van der Waals surface area (Å²) in [5.74, 6) is 1.11. The van der Waals surface area contributed by atoms with Crippen LogP contribution in [0.2, 0.25) is 15.1 Å². The maximum Gasteiger partial charge on any atom is 0.180 e. The molecule has 0 aliphatic carbocycles. The zero-order chi connectivity index (χ0) is 20.8. The van der Waals surface area contributed by atoms with Gasteiger partial charge in [0.05, 0.1) is 11.6 Å². The van der Waals surface area contributed by atoms with Gasteiger partial charge >= 0.3 is 0 Å². The average molecular weight is 451 g/mol. The van der Waals surface area contributed by atoms with Gasteiger partial charge in [-0.05, 0) is 55.3 Å². The van der Waals surface area contributed by atoms with E-state index in [0.29, 0.717) is 41.3 Å². The molecule has 0 unspecified atom stereocenters. The number of ether oxygens (including phenoxy) is 2. The number of aryl methyl sites for hydroxylation is 1. The molecule has 3 nitrogen and oxygen atoms in total. The van der Waals surface area contributed by atoms with Gasteiger partial charge in [-0.3, -0.25) is 0 Å². The summed E-state index contributed by atoms with van der Waals surface area (Å²) in [6.07, 6.45) is 0. The van der Waals surface area contributed by atoms with Gasteiger partial charge in [0.1, 0.15) is 6.61 Å². The van der Waals surface area contributed by atoms with Gasteiger partial charge in [0.15, 0.2) is 11.5 Å². The quantitative estimate of drug-likeness (QED) is 0.384. The van der Waals surface area contributed by atoms with Crippen LogP contribution in [-0.4, -0.2) is 6.61 Å². The molecule has 0 radical (unpaired) electrons. The Balaban J connectivity index is 1.76. The predicted octanol–water partition coefficient (Wildman–Crippen LogP) is 7.55. The summed E-state index contributed by atoms with van der Waals surface area (Å²) in [5, 5.41) is 5.22. The van der Waals surface area contributed by atoms with Gasteiger partial charge in [0, 0.05) is 27.8 Å². The largest absolute Gasteiger partial charge is 0.490 e. The van der Waals surface area contributed by atoms with E-state index in [0.717, 1.165) is 27.4 Å². The van der Waals surface area contributed by atoms with Crippen LogP contribution in [0.1, 0.15) is 23.6 Å². The molecule has 0 aliphatic rings. The number of anilines is 1. The van der Waals surface area contributed by atoms with Crippen LogP contribution in [0.3, 0.4) is 0 Å². The third-order valence-corrected chi connectivity index (χ3v) is 5.42. The second-order valence-electron chi connectivity index (χ2n) is 6.54. The molecule has 0 aromatic heterocycles.